The lowest BCUT2D eigenvalue weighted by Crippen LogP contribution is -2.28. The second-order valence-electron chi connectivity index (χ2n) is 5.74. The number of carbonyl (C=O) groups excluding carboxylic acids is 1. The number of amides is 1. The highest BCUT2D eigenvalue weighted by molar-refractivity contribution is 6.32. The van der Waals surface area contributed by atoms with Crippen LogP contribution in [0, 0.1) is 0 Å². The Balaban J connectivity index is 1.93. The molecule has 0 aliphatic carbocycles. The number of benzene rings is 1. The summed E-state index contributed by atoms with van der Waals surface area (Å²) in [5.41, 5.74) is 0.578. The van der Waals surface area contributed by atoms with Crippen molar-refractivity contribution in [2.45, 2.75) is 32.1 Å². The van der Waals surface area contributed by atoms with Crippen molar-refractivity contribution in [3.05, 3.63) is 17.2 Å². The van der Waals surface area contributed by atoms with E-state index in [2.05, 4.69) is 10.2 Å². The molecule has 1 heterocycles. The van der Waals surface area contributed by atoms with Crippen LogP contribution in [0.15, 0.2) is 12.1 Å². The maximum atomic E-state index is 12.2. The van der Waals surface area contributed by atoms with Crippen LogP contribution in [0.1, 0.15) is 32.1 Å². The van der Waals surface area contributed by atoms with Crippen LogP contribution in [0.2, 0.25) is 5.02 Å². The van der Waals surface area contributed by atoms with Gasteiger partial charge in [0.1, 0.15) is 11.5 Å². The zero-order valence-corrected chi connectivity index (χ0v) is 14.6. The molecule has 0 spiro atoms. The molecule has 6 heteroatoms. The Kier molecular flexibility index (Phi) is 6.99. The zero-order valence-electron chi connectivity index (χ0n) is 13.9. The van der Waals surface area contributed by atoms with Gasteiger partial charge in [0.15, 0.2) is 0 Å². The third-order valence-electron chi connectivity index (χ3n) is 4.10. The Morgan fingerprint density at radius 3 is 2.39 bits per heavy atom. The number of hydrogen-bond acceptors (Lipinski definition) is 4. The van der Waals surface area contributed by atoms with Crippen molar-refractivity contribution in [1.29, 1.82) is 0 Å². The van der Waals surface area contributed by atoms with E-state index in [0.717, 1.165) is 19.6 Å². The molecule has 2 rings (SSSR count). The summed E-state index contributed by atoms with van der Waals surface area (Å²) in [5.74, 6) is 1.01. The number of rotatable bonds is 6. The van der Waals surface area contributed by atoms with Crippen LogP contribution in [0.3, 0.4) is 0 Å². The number of nitrogens with zero attached hydrogens (tertiary/aromatic N) is 1. The number of methoxy groups -OCH3 is 2. The minimum Gasteiger partial charge on any atom is -0.495 e. The molecule has 1 aromatic carbocycles. The van der Waals surface area contributed by atoms with Gasteiger partial charge in [-0.25, -0.2) is 0 Å². The third kappa shape index (κ3) is 5.29. The molecule has 1 aliphatic heterocycles. The number of hydrogen-bond donors (Lipinski definition) is 1. The van der Waals surface area contributed by atoms with Gasteiger partial charge in [-0.3, -0.25) is 4.79 Å². The number of likely N-dealkylation sites (tertiary alicyclic amines) is 1. The fraction of sp³-hybridized carbons (Fsp3) is 0.588. The molecule has 1 saturated heterocycles. The van der Waals surface area contributed by atoms with Crippen molar-refractivity contribution < 1.29 is 14.3 Å². The maximum Gasteiger partial charge on any atom is 0.225 e. The summed E-state index contributed by atoms with van der Waals surface area (Å²) in [4.78, 5) is 14.6. The van der Waals surface area contributed by atoms with Gasteiger partial charge in [-0.1, -0.05) is 24.4 Å². The van der Waals surface area contributed by atoms with Gasteiger partial charge < -0.3 is 19.7 Å². The number of ether oxygens (including phenoxy) is 2. The predicted molar refractivity (Wildman–Crippen MR) is 92.7 cm³/mol. The van der Waals surface area contributed by atoms with E-state index in [1.807, 2.05) is 0 Å². The van der Waals surface area contributed by atoms with E-state index in [1.54, 1.807) is 26.4 Å². The Labute approximate surface area is 142 Å². The molecule has 1 amide bonds. The van der Waals surface area contributed by atoms with Gasteiger partial charge in [-0.15, -0.1) is 0 Å². The van der Waals surface area contributed by atoms with Gasteiger partial charge in [0.05, 0.1) is 24.9 Å². The molecule has 23 heavy (non-hydrogen) atoms. The molecule has 1 aromatic rings. The van der Waals surface area contributed by atoms with Crippen LogP contribution >= 0.6 is 11.6 Å². The highest BCUT2D eigenvalue weighted by Crippen LogP contribution is 2.35. The minimum absolute atomic E-state index is 0.0306. The summed E-state index contributed by atoms with van der Waals surface area (Å²) in [6.45, 7) is 2.97. The number of nitrogens with one attached hydrogen (secondary N) is 1. The monoisotopic (exact) mass is 340 g/mol. The van der Waals surface area contributed by atoms with Crippen LogP contribution in [0.25, 0.3) is 0 Å². The average Bonchev–Trinajstić information content (AvgIpc) is 2.83. The van der Waals surface area contributed by atoms with Gasteiger partial charge in [0.2, 0.25) is 5.91 Å². The van der Waals surface area contributed by atoms with Gasteiger partial charge in [0.25, 0.3) is 0 Å². The van der Waals surface area contributed by atoms with Crippen LogP contribution in [0.4, 0.5) is 5.69 Å². The van der Waals surface area contributed by atoms with Crippen molar-refractivity contribution in [1.82, 2.24) is 4.90 Å². The van der Waals surface area contributed by atoms with Crippen molar-refractivity contribution in [2.75, 3.05) is 39.2 Å². The fourth-order valence-corrected chi connectivity index (χ4v) is 3.02. The number of halogens is 1. The van der Waals surface area contributed by atoms with E-state index in [1.165, 1.54) is 25.7 Å². The first-order valence-electron chi connectivity index (χ1n) is 8.07. The lowest BCUT2D eigenvalue weighted by atomic mass is 10.2. The van der Waals surface area contributed by atoms with E-state index in [0.29, 0.717) is 28.6 Å². The van der Waals surface area contributed by atoms with Gasteiger partial charge in [0, 0.05) is 25.1 Å². The second-order valence-corrected chi connectivity index (χ2v) is 6.15. The van der Waals surface area contributed by atoms with Crippen molar-refractivity contribution in [3.8, 4) is 11.5 Å². The number of anilines is 1. The molecule has 0 bridgehead atoms. The molecule has 0 radical (unpaired) electrons. The van der Waals surface area contributed by atoms with E-state index in [4.69, 9.17) is 21.1 Å². The first kappa shape index (κ1) is 17.9. The van der Waals surface area contributed by atoms with Gasteiger partial charge in [-0.2, -0.15) is 0 Å². The van der Waals surface area contributed by atoms with E-state index < -0.39 is 0 Å². The summed E-state index contributed by atoms with van der Waals surface area (Å²) in [6.07, 6.45) is 5.51. The molecule has 0 unspecified atom stereocenters. The topological polar surface area (TPSA) is 50.8 Å². The van der Waals surface area contributed by atoms with E-state index >= 15 is 0 Å². The second kappa shape index (κ2) is 8.99. The lowest BCUT2D eigenvalue weighted by Gasteiger charge is -2.19. The molecular formula is C17H25ClN2O3. The van der Waals surface area contributed by atoms with Crippen molar-refractivity contribution in [3.63, 3.8) is 0 Å². The molecule has 1 fully saturated rings. The Morgan fingerprint density at radius 1 is 1.13 bits per heavy atom. The molecule has 128 valence electrons. The normalized spacial score (nSPS) is 15.8. The average molecular weight is 341 g/mol. The van der Waals surface area contributed by atoms with Crippen LogP contribution in [-0.2, 0) is 4.79 Å². The SMILES string of the molecule is COc1cc(NC(=O)CCN2CCCCCC2)c(OC)cc1Cl. The van der Waals surface area contributed by atoms with Crippen LogP contribution < -0.4 is 14.8 Å². The molecule has 1 aliphatic rings. The third-order valence-corrected chi connectivity index (χ3v) is 4.40. The highest BCUT2D eigenvalue weighted by atomic mass is 35.5. The van der Waals surface area contributed by atoms with Crippen molar-refractivity contribution in [2.24, 2.45) is 0 Å². The first-order chi connectivity index (χ1) is 11.1. The molecule has 0 aromatic heterocycles. The Morgan fingerprint density at radius 2 is 1.78 bits per heavy atom. The summed E-state index contributed by atoms with van der Waals surface area (Å²) < 4.78 is 10.5. The van der Waals surface area contributed by atoms with Crippen LogP contribution in [0.5, 0.6) is 11.5 Å². The van der Waals surface area contributed by atoms with Gasteiger partial charge >= 0.3 is 0 Å². The summed E-state index contributed by atoms with van der Waals surface area (Å²) >= 11 is 6.07. The number of carbonyl (C=O) groups is 1. The summed E-state index contributed by atoms with van der Waals surface area (Å²) in [5, 5.41) is 3.34. The fourth-order valence-electron chi connectivity index (χ4n) is 2.79. The molecule has 0 saturated carbocycles. The maximum absolute atomic E-state index is 12.2. The molecule has 1 N–H and O–H groups in total. The molecular weight excluding hydrogens is 316 g/mol. The van der Waals surface area contributed by atoms with Gasteiger partial charge in [-0.05, 0) is 25.9 Å². The van der Waals surface area contributed by atoms with Crippen molar-refractivity contribution >= 4 is 23.2 Å². The highest BCUT2D eigenvalue weighted by Gasteiger charge is 2.14. The van der Waals surface area contributed by atoms with E-state index in [9.17, 15) is 4.79 Å². The first-order valence-corrected chi connectivity index (χ1v) is 8.45. The largest absolute Gasteiger partial charge is 0.495 e. The van der Waals surface area contributed by atoms with E-state index in [-0.39, 0.29) is 5.91 Å². The standard InChI is InChI=1S/C17H25ClN2O3/c1-22-15-12-14(16(23-2)11-13(15)18)19-17(21)7-10-20-8-5-3-4-6-9-20/h11-12H,3-10H2,1-2H3,(H,19,21). The quantitative estimate of drug-likeness (QED) is 0.860. The smallest absolute Gasteiger partial charge is 0.225 e. The molecule has 5 nitrogen and oxygen atoms in total. The predicted octanol–water partition coefficient (Wildman–Crippen LogP) is 3.56. The Bertz CT molecular complexity index is 529. The van der Waals surface area contributed by atoms with Crippen LogP contribution in [-0.4, -0.2) is 44.7 Å². The minimum atomic E-state index is -0.0306. The zero-order chi connectivity index (χ0) is 16.7. The Hall–Kier alpha value is -1.46. The summed E-state index contributed by atoms with van der Waals surface area (Å²) in [6, 6.07) is 3.33. The molecule has 0 atom stereocenters. The summed E-state index contributed by atoms with van der Waals surface area (Å²) in [7, 11) is 3.09. The lowest BCUT2D eigenvalue weighted by molar-refractivity contribution is -0.116.